The van der Waals surface area contributed by atoms with Gasteiger partial charge >= 0.3 is 0 Å². The van der Waals surface area contributed by atoms with Crippen molar-refractivity contribution in [3.8, 4) is 0 Å². The first-order chi connectivity index (χ1) is 8.58. The molecule has 5 heteroatoms. The van der Waals surface area contributed by atoms with Crippen LogP contribution in [0.25, 0.3) is 0 Å². The molecule has 0 radical (unpaired) electrons. The summed E-state index contributed by atoms with van der Waals surface area (Å²) in [7, 11) is 1.86. The standard InChI is InChI=1S/C13H22N4O/c1-4-5-15-12(18)9-17(3)13-10(2)6-11(7-14)8-16-13/h6,8H,4-5,7,9,14H2,1-3H3,(H,15,18). The highest BCUT2D eigenvalue weighted by Gasteiger charge is 2.10. The maximum Gasteiger partial charge on any atom is 0.239 e. The van der Waals surface area contributed by atoms with Crippen molar-refractivity contribution in [3.05, 3.63) is 23.4 Å². The number of hydrogen-bond donors (Lipinski definition) is 2. The molecule has 100 valence electrons. The molecule has 5 nitrogen and oxygen atoms in total. The second kappa shape index (κ2) is 6.96. The molecule has 3 N–H and O–H groups in total. The predicted molar refractivity (Wildman–Crippen MR) is 73.4 cm³/mol. The Morgan fingerprint density at radius 1 is 1.56 bits per heavy atom. The van der Waals surface area contributed by atoms with E-state index in [9.17, 15) is 4.79 Å². The third-order valence-electron chi connectivity index (χ3n) is 2.66. The fraction of sp³-hybridized carbons (Fsp3) is 0.538. The smallest absolute Gasteiger partial charge is 0.239 e. The zero-order valence-corrected chi connectivity index (χ0v) is 11.4. The van der Waals surface area contributed by atoms with Crippen LogP contribution in [0.3, 0.4) is 0 Å². The van der Waals surface area contributed by atoms with Crippen molar-refractivity contribution >= 4 is 11.7 Å². The number of aryl methyl sites for hydroxylation is 1. The molecule has 0 aliphatic heterocycles. The number of nitrogens with one attached hydrogen (secondary N) is 1. The van der Waals surface area contributed by atoms with Crippen LogP contribution in [0.15, 0.2) is 12.3 Å². The number of nitrogens with zero attached hydrogens (tertiary/aromatic N) is 2. The van der Waals surface area contributed by atoms with Crippen molar-refractivity contribution in [2.24, 2.45) is 5.73 Å². The van der Waals surface area contributed by atoms with Crippen molar-refractivity contribution in [2.75, 3.05) is 25.0 Å². The summed E-state index contributed by atoms with van der Waals surface area (Å²) in [6.07, 6.45) is 2.70. The van der Waals surface area contributed by atoms with E-state index in [0.29, 0.717) is 19.6 Å². The van der Waals surface area contributed by atoms with Gasteiger partial charge in [0.15, 0.2) is 0 Å². The molecule has 0 atom stereocenters. The zero-order valence-electron chi connectivity index (χ0n) is 11.4. The Bertz CT molecular complexity index is 406. The number of aromatic nitrogens is 1. The average molecular weight is 250 g/mol. The lowest BCUT2D eigenvalue weighted by molar-refractivity contribution is -0.119. The Kier molecular flexibility index (Phi) is 5.58. The summed E-state index contributed by atoms with van der Waals surface area (Å²) in [5, 5.41) is 2.85. The van der Waals surface area contributed by atoms with Gasteiger partial charge in [0.2, 0.25) is 5.91 Å². The minimum absolute atomic E-state index is 0.0171. The Morgan fingerprint density at radius 3 is 2.83 bits per heavy atom. The molecule has 1 heterocycles. The fourth-order valence-electron chi connectivity index (χ4n) is 1.75. The van der Waals surface area contributed by atoms with Gasteiger partial charge in [-0.15, -0.1) is 0 Å². The van der Waals surface area contributed by atoms with Gasteiger partial charge < -0.3 is 16.0 Å². The van der Waals surface area contributed by atoms with Crippen LogP contribution >= 0.6 is 0 Å². The molecular weight excluding hydrogens is 228 g/mol. The largest absolute Gasteiger partial charge is 0.355 e. The molecule has 1 aromatic heterocycles. The highest BCUT2D eigenvalue weighted by Crippen LogP contribution is 2.16. The lowest BCUT2D eigenvalue weighted by Crippen LogP contribution is -2.36. The first-order valence-corrected chi connectivity index (χ1v) is 6.22. The van der Waals surface area contributed by atoms with Gasteiger partial charge in [0, 0.05) is 26.3 Å². The molecule has 0 fully saturated rings. The number of likely N-dealkylation sites (N-methyl/N-ethyl adjacent to an activating group) is 1. The van der Waals surface area contributed by atoms with E-state index in [1.165, 1.54) is 0 Å². The topological polar surface area (TPSA) is 71.2 Å². The Balaban J connectivity index is 2.66. The minimum atomic E-state index is 0.0171. The second-order valence-electron chi connectivity index (χ2n) is 4.39. The highest BCUT2D eigenvalue weighted by molar-refractivity contribution is 5.81. The third kappa shape index (κ3) is 4.00. The lowest BCUT2D eigenvalue weighted by atomic mass is 10.2. The van der Waals surface area contributed by atoms with Crippen molar-refractivity contribution < 1.29 is 4.79 Å². The van der Waals surface area contributed by atoms with Crippen LogP contribution < -0.4 is 16.0 Å². The molecule has 0 saturated heterocycles. The van der Waals surface area contributed by atoms with Gasteiger partial charge in [-0.1, -0.05) is 6.92 Å². The number of pyridine rings is 1. The Morgan fingerprint density at radius 2 is 2.28 bits per heavy atom. The first kappa shape index (κ1) is 14.4. The first-order valence-electron chi connectivity index (χ1n) is 6.22. The van der Waals surface area contributed by atoms with Crippen molar-refractivity contribution in [3.63, 3.8) is 0 Å². The van der Waals surface area contributed by atoms with E-state index in [0.717, 1.165) is 23.4 Å². The minimum Gasteiger partial charge on any atom is -0.355 e. The summed E-state index contributed by atoms with van der Waals surface area (Å²) in [6, 6.07) is 2.00. The van der Waals surface area contributed by atoms with Crippen LogP contribution in [0.5, 0.6) is 0 Å². The molecule has 0 bridgehead atoms. The summed E-state index contributed by atoms with van der Waals surface area (Å²) in [6.45, 7) is 5.51. The number of amides is 1. The quantitative estimate of drug-likeness (QED) is 0.784. The summed E-state index contributed by atoms with van der Waals surface area (Å²) in [5.41, 5.74) is 7.59. The molecular formula is C13H22N4O. The number of nitrogens with two attached hydrogens (primary N) is 1. The zero-order chi connectivity index (χ0) is 13.5. The van der Waals surface area contributed by atoms with E-state index in [-0.39, 0.29) is 5.91 Å². The third-order valence-corrected chi connectivity index (χ3v) is 2.66. The molecule has 1 rings (SSSR count). The number of hydrogen-bond acceptors (Lipinski definition) is 4. The van der Waals surface area contributed by atoms with E-state index in [1.807, 2.05) is 31.9 Å². The van der Waals surface area contributed by atoms with Gasteiger partial charge in [-0.25, -0.2) is 4.98 Å². The normalized spacial score (nSPS) is 10.2. The number of anilines is 1. The van der Waals surface area contributed by atoms with Crippen molar-refractivity contribution in [1.29, 1.82) is 0 Å². The average Bonchev–Trinajstić information content (AvgIpc) is 2.35. The molecule has 0 saturated carbocycles. The summed E-state index contributed by atoms with van der Waals surface area (Å²) >= 11 is 0. The number of rotatable bonds is 6. The molecule has 18 heavy (non-hydrogen) atoms. The molecule has 0 aliphatic rings. The van der Waals surface area contributed by atoms with Crippen LogP contribution in [-0.2, 0) is 11.3 Å². The molecule has 0 aliphatic carbocycles. The van der Waals surface area contributed by atoms with E-state index in [2.05, 4.69) is 10.3 Å². The van der Waals surface area contributed by atoms with Gasteiger partial charge in [-0.2, -0.15) is 0 Å². The van der Waals surface area contributed by atoms with Gasteiger partial charge in [0.05, 0.1) is 6.54 Å². The fourth-order valence-corrected chi connectivity index (χ4v) is 1.75. The SMILES string of the molecule is CCCNC(=O)CN(C)c1ncc(CN)cc1C. The van der Waals surface area contributed by atoms with Crippen molar-refractivity contribution in [2.45, 2.75) is 26.8 Å². The van der Waals surface area contributed by atoms with Gasteiger partial charge in [-0.3, -0.25) is 4.79 Å². The van der Waals surface area contributed by atoms with Crippen molar-refractivity contribution in [1.82, 2.24) is 10.3 Å². The van der Waals surface area contributed by atoms with E-state index >= 15 is 0 Å². The predicted octanol–water partition coefficient (Wildman–Crippen LogP) is 0.811. The molecule has 1 aromatic rings. The van der Waals surface area contributed by atoms with E-state index in [4.69, 9.17) is 5.73 Å². The van der Waals surface area contributed by atoms with Crippen LogP contribution in [-0.4, -0.2) is 31.0 Å². The Hall–Kier alpha value is -1.62. The molecule has 0 aromatic carbocycles. The van der Waals surface area contributed by atoms with Gasteiger partial charge in [-0.05, 0) is 30.5 Å². The molecule has 0 unspecified atom stereocenters. The maximum atomic E-state index is 11.6. The van der Waals surface area contributed by atoms with Crippen LogP contribution in [0.2, 0.25) is 0 Å². The van der Waals surface area contributed by atoms with E-state index < -0.39 is 0 Å². The summed E-state index contributed by atoms with van der Waals surface area (Å²) < 4.78 is 0. The van der Waals surface area contributed by atoms with Gasteiger partial charge in [0.25, 0.3) is 0 Å². The maximum absolute atomic E-state index is 11.6. The summed E-state index contributed by atoms with van der Waals surface area (Å²) in [4.78, 5) is 17.8. The molecule has 1 amide bonds. The highest BCUT2D eigenvalue weighted by atomic mass is 16.2. The number of carbonyl (C=O) groups is 1. The van der Waals surface area contributed by atoms with Crippen LogP contribution in [0.4, 0.5) is 5.82 Å². The monoisotopic (exact) mass is 250 g/mol. The molecule has 0 spiro atoms. The second-order valence-corrected chi connectivity index (χ2v) is 4.39. The van der Waals surface area contributed by atoms with Gasteiger partial charge in [0.1, 0.15) is 5.82 Å². The summed E-state index contributed by atoms with van der Waals surface area (Å²) in [5.74, 6) is 0.835. The van der Waals surface area contributed by atoms with E-state index in [1.54, 1.807) is 6.20 Å². The van der Waals surface area contributed by atoms with Crippen LogP contribution in [0, 0.1) is 6.92 Å². The lowest BCUT2D eigenvalue weighted by Gasteiger charge is -2.20. The Labute approximate surface area is 108 Å². The van der Waals surface area contributed by atoms with Crippen LogP contribution in [0.1, 0.15) is 24.5 Å². The number of carbonyl (C=O) groups excluding carboxylic acids is 1.